The SMILES string of the molecule is O=C1CC[C@H]2CN(C(=O)O)CC[C@@H]12. The van der Waals surface area contributed by atoms with Crippen molar-refractivity contribution in [3.63, 3.8) is 0 Å². The summed E-state index contributed by atoms with van der Waals surface area (Å²) >= 11 is 0. The van der Waals surface area contributed by atoms with Crippen molar-refractivity contribution in [3.05, 3.63) is 0 Å². The quantitative estimate of drug-likeness (QED) is 0.608. The Morgan fingerprint density at radius 1 is 1.46 bits per heavy atom. The molecule has 2 aliphatic rings. The molecule has 2 fully saturated rings. The first-order chi connectivity index (χ1) is 6.18. The number of rotatable bonds is 0. The Morgan fingerprint density at radius 3 is 2.92 bits per heavy atom. The maximum atomic E-state index is 11.3. The summed E-state index contributed by atoms with van der Waals surface area (Å²) in [5.41, 5.74) is 0. The van der Waals surface area contributed by atoms with Crippen LogP contribution in [0.15, 0.2) is 0 Å². The lowest BCUT2D eigenvalue weighted by Gasteiger charge is -2.32. The molecule has 72 valence electrons. The zero-order chi connectivity index (χ0) is 9.42. The zero-order valence-corrected chi connectivity index (χ0v) is 7.40. The van der Waals surface area contributed by atoms with Gasteiger partial charge >= 0.3 is 6.09 Å². The number of carbonyl (C=O) groups is 2. The Morgan fingerprint density at radius 2 is 2.23 bits per heavy atom. The van der Waals surface area contributed by atoms with Crippen molar-refractivity contribution in [2.75, 3.05) is 13.1 Å². The summed E-state index contributed by atoms with van der Waals surface area (Å²) in [6, 6.07) is 0. The minimum Gasteiger partial charge on any atom is -0.465 e. The topological polar surface area (TPSA) is 57.6 Å². The summed E-state index contributed by atoms with van der Waals surface area (Å²) in [4.78, 5) is 23.4. The van der Waals surface area contributed by atoms with E-state index in [9.17, 15) is 9.59 Å². The Bertz CT molecular complexity index is 251. The number of Topliss-reactive ketones (excluding diaryl/α,β-unsaturated/α-hetero) is 1. The second-order valence-electron chi connectivity index (χ2n) is 3.89. The zero-order valence-electron chi connectivity index (χ0n) is 7.40. The van der Waals surface area contributed by atoms with Crippen molar-refractivity contribution < 1.29 is 14.7 Å². The molecule has 1 heterocycles. The van der Waals surface area contributed by atoms with Crippen molar-refractivity contribution in [2.45, 2.75) is 19.3 Å². The third-order valence-electron chi connectivity index (χ3n) is 3.18. The lowest BCUT2D eigenvalue weighted by atomic mass is 9.88. The van der Waals surface area contributed by atoms with Gasteiger partial charge < -0.3 is 10.0 Å². The molecule has 0 unspecified atom stereocenters. The van der Waals surface area contributed by atoms with Crippen molar-refractivity contribution in [1.29, 1.82) is 0 Å². The van der Waals surface area contributed by atoms with Gasteiger partial charge in [-0.25, -0.2) is 4.79 Å². The van der Waals surface area contributed by atoms with Gasteiger partial charge in [0.15, 0.2) is 0 Å². The number of carboxylic acid groups (broad SMARTS) is 1. The monoisotopic (exact) mass is 183 g/mol. The summed E-state index contributed by atoms with van der Waals surface area (Å²) in [5.74, 6) is 0.808. The van der Waals surface area contributed by atoms with Crippen LogP contribution in [0.2, 0.25) is 0 Å². The van der Waals surface area contributed by atoms with Gasteiger partial charge in [-0.05, 0) is 18.8 Å². The summed E-state index contributed by atoms with van der Waals surface area (Å²) < 4.78 is 0. The molecule has 13 heavy (non-hydrogen) atoms. The van der Waals surface area contributed by atoms with Crippen molar-refractivity contribution >= 4 is 11.9 Å². The van der Waals surface area contributed by atoms with Crippen LogP contribution in [0.5, 0.6) is 0 Å². The molecule has 1 saturated carbocycles. The van der Waals surface area contributed by atoms with Crippen LogP contribution in [-0.2, 0) is 4.79 Å². The number of ketones is 1. The summed E-state index contributed by atoms with van der Waals surface area (Å²) in [5, 5.41) is 8.77. The van der Waals surface area contributed by atoms with E-state index in [2.05, 4.69) is 0 Å². The van der Waals surface area contributed by atoms with Gasteiger partial charge in [-0.15, -0.1) is 0 Å². The first-order valence-corrected chi connectivity index (χ1v) is 4.69. The van der Waals surface area contributed by atoms with E-state index in [1.54, 1.807) is 0 Å². The number of hydrogen-bond donors (Lipinski definition) is 1. The average Bonchev–Trinajstić information content (AvgIpc) is 2.47. The number of amides is 1. The number of likely N-dealkylation sites (tertiary alicyclic amines) is 1. The summed E-state index contributed by atoms with van der Waals surface area (Å²) in [6.45, 7) is 1.09. The first-order valence-electron chi connectivity index (χ1n) is 4.69. The van der Waals surface area contributed by atoms with E-state index >= 15 is 0 Å². The molecule has 2 rings (SSSR count). The number of nitrogens with zero attached hydrogens (tertiary/aromatic N) is 1. The first kappa shape index (κ1) is 8.53. The molecule has 0 bridgehead atoms. The van der Waals surface area contributed by atoms with Crippen LogP contribution >= 0.6 is 0 Å². The predicted octanol–water partition coefficient (Wildman–Crippen LogP) is 0.965. The highest BCUT2D eigenvalue weighted by molar-refractivity contribution is 5.83. The van der Waals surface area contributed by atoms with E-state index in [4.69, 9.17) is 5.11 Å². The number of carbonyl (C=O) groups excluding carboxylic acids is 1. The van der Waals surface area contributed by atoms with Gasteiger partial charge in [0, 0.05) is 25.4 Å². The lowest BCUT2D eigenvalue weighted by molar-refractivity contribution is -0.122. The van der Waals surface area contributed by atoms with E-state index in [1.807, 2.05) is 0 Å². The molecule has 1 amide bonds. The maximum Gasteiger partial charge on any atom is 0.407 e. The minimum atomic E-state index is -0.849. The fourth-order valence-corrected chi connectivity index (χ4v) is 2.44. The molecule has 0 aromatic heterocycles. The number of hydrogen-bond acceptors (Lipinski definition) is 2. The van der Waals surface area contributed by atoms with Gasteiger partial charge in [0.25, 0.3) is 0 Å². The third-order valence-corrected chi connectivity index (χ3v) is 3.18. The lowest BCUT2D eigenvalue weighted by Crippen LogP contribution is -2.42. The smallest absolute Gasteiger partial charge is 0.407 e. The van der Waals surface area contributed by atoms with Crippen LogP contribution in [0, 0.1) is 11.8 Å². The standard InChI is InChI=1S/C9H13NO3/c11-8-2-1-6-5-10(9(12)13)4-3-7(6)8/h6-7H,1-5H2,(H,12,13)/t6-,7+/m0/s1. The highest BCUT2D eigenvalue weighted by Crippen LogP contribution is 2.35. The maximum absolute atomic E-state index is 11.3. The molecule has 0 aromatic carbocycles. The molecule has 1 N–H and O–H groups in total. The molecule has 4 heteroatoms. The molecular weight excluding hydrogens is 170 g/mol. The van der Waals surface area contributed by atoms with Crippen LogP contribution in [0.4, 0.5) is 4.79 Å². The van der Waals surface area contributed by atoms with E-state index in [1.165, 1.54) is 4.90 Å². The van der Waals surface area contributed by atoms with Gasteiger partial charge in [-0.1, -0.05) is 0 Å². The van der Waals surface area contributed by atoms with Gasteiger partial charge in [-0.3, -0.25) is 4.79 Å². The Labute approximate surface area is 76.5 Å². The van der Waals surface area contributed by atoms with Gasteiger partial charge in [-0.2, -0.15) is 0 Å². The molecule has 1 saturated heterocycles. The van der Waals surface area contributed by atoms with Crippen LogP contribution < -0.4 is 0 Å². The van der Waals surface area contributed by atoms with Crippen LogP contribution in [0.25, 0.3) is 0 Å². The molecule has 1 aliphatic carbocycles. The normalized spacial score (nSPS) is 33.2. The minimum absolute atomic E-state index is 0.163. The molecule has 0 spiro atoms. The fourth-order valence-electron chi connectivity index (χ4n) is 2.44. The molecule has 2 atom stereocenters. The third kappa shape index (κ3) is 1.41. The van der Waals surface area contributed by atoms with E-state index < -0.39 is 6.09 Å². The van der Waals surface area contributed by atoms with Crippen LogP contribution in [-0.4, -0.2) is 35.0 Å². The molecular formula is C9H13NO3. The van der Waals surface area contributed by atoms with Gasteiger partial charge in [0.2, 0.25) is 0 Å². The highest BCUT2D eigenvalue weighted by atomic mass is 16.4. The molecule has 0 radical (unpaired) electrons. The fraction of sp³-hybridized carbons (Fsp3) is 0.778. The van der Waals surface area contributed by atoms with E-state index in [0.717, 1.165) is 12.8 Å². The van der Waals surface area contributed by atoms with Crippen molar-refractivity contribution in [2.24, 2.45) is 11.8 Å². The largest absolute Gasteiger partial charge is 0.465 e. The van der Waals surface area contributed by atoms with Crippen LogP contribution in [0.3, 0.4) is 0 Å². The van der Waals surface area contributed by atoms with E-state index in [0.29, 0.717) is 31.2 Å². The highest BCUT2D eigenvalue weighted by Gasteiger charge is 2.39. The van der Waals surface area contributed by atoms with Crippen molar-refractivity contribution in [3.8, 4) is 0 Å². The van der Waals surface area contributed by atoms with Crippen molar-refractivity contribution in [1.82, 2.24) is 4.90 Å². The average molecular weight is 183 g/mol. The molecule has 4 nitrogen and oxygen atoms in total. The van der Waals surface area contributed by atoms with Crippen LogP contribution in [0.1, 0.15) is 19.3 Å². The predicted molar refractivity (Wildman–Crippen MR) is 45.4 cm³/mol. The number of fused-ring (bicyclic) bond motifs is 1. The summed E-state index contributed by atoms with van der Waals surface area (Å²) in [7, 11) is 0. The number of piperidine rings is 1. The second kappa shape index (κ2) is 3.01. The molecule has 0 aromatic rings. The Balaban J connectivity index is 2.03. The molecule has 1 aliphatic heterocycles. The summed E-state index contributed by atoms with van der Waals surface area (Å²) in [6.07, 6.45) is 1.42. The van der Waals surface area contributed by atoms with Gasteiger partial charge in [0.05, 0.1) is 0 Å². The van der Waals surface area contributed by atoms with E-state index in [-0.39, 0.29) is 5.92 Å². The van der Waals surface area contributed by atoms with Gasteiger partial charge in [0.1, 0.15) is 5.78 Å². The Kier molecular flexibility index (Phi) is 1.98. The second-order valence-corrected chi connectivity index (χ2v) is 3.89. The Hall–Kier alpha value is -1.06.